The number of carbonyl (C=O) groups excluding carboxylic acids is 2. The second kappa shape index (κ2) is 11.6. The second-order valence-corrected chi connectivity index (χ2v) is 12.0. The Balaban J connectivity index is 1.29. The number of aryl methyl sites for hydroxylation is 1. The van der Waals surface area contributed by atoms with E-state index in [1.165, 1.54) is 4.31 Å². The van der Waals surface area contributed by atoms with Gasteiger partial charge in [0.1, 0.15) is 5.75 Å². The van der Waals surface area contributed by atoms with Gasteiger partial charge >= 0.3 is 0 Å². The topological polar surface area (TPSA) is 96.0 Å². The van der Waals surface area contributed by atoms with Gasteiger partial charge < -0.3 is 15.0 Å². The standard InChI is InChI=1S/C30H33N3O5S/c1-22-13-15-25(16-14-22)39(36,37)32-19-7-10-24(20-32)30(35)33-21-28(38-27-12-6-5-11-26(27)33)29(34)31-18-17-23-8-3-2-4-9-23/h2-6,8-9,11-16,24,28H,7,10,17-21H2,1H3,(H,31,34)/t24-,28+/m0/s1. The lowest BCUT2D eigenvalue weighted by atomic mass is 9.97. The number of nitrogens with one attached hydrogen (secondary N) is 1. The van der Waals surface area contributed by atoms with Gasteiger partial charge in [0, 0.05) is 19.6 Å². The molecule has 0 aliphatic carbocycles. The number of para-hydroxylation sites is 2. The maximum Gasteiger partial charge on any atom is 0.262 e. The molecule has 2 aliphatic rings. The van der Waals surface area contributed by atoms with Gasteiger partial charge in [-0.15, -0.1) is 0 Å². The Morgan fingerprint density at radius 1 is 0.949 bits per heavy atom. The van der Waals surface area contributed by atoms with Crippen LogP contribution in [0.5, 0.6) is 5.75 Å². The first-order chi connectivity index (χ1) is 18.8. The zero-order valence-electron chi connectivity index (χ0n) is 22.0. The first-order valence-corrected chi connectivity index (χ1v) is 14.7. The van der Waals surface area contributed by atoms with E-state index in [1.54, 1.807) is 47.4 Å². The maximum atomic E-state index is 13.9. The van der Waals surface area contributed by atoms with Crippen molar-refractivity contribution in [3.05, 3.63) is 90.0 Å². The molecule has 0 spiro atoms. The van der Waals surface area contributed by atoms with Gasteiger partial charge in [-0.25, -0.2) is 8.42 Å². The molecule has 2 aliphatic heterocycles. The lowest BCUT2D eigenvalue weighted by Crippen LogP contribution is -2.54. The van der Waals surface area contributed by atoms with E-state index in [-0.39, 0.29) is 29.8 Å². The summed E-state index contributed by atoms with van der Waals surface area (Å²) in [6, 6.07) is 23.8. The Labute approximate surface area is 229 Å². The monoisotopic (exact) mass is 547 g/mol. The zero-order chi connectivity index (χ0) is 27.4. The summed E-state index contributed by atoms with van der Waals surface area (Å²) < 4.78 is 34.0. The number of anilines is 1. The number of sulfonamides is 1. The predicted octanol–water partition coefficient (Wildman–Crippen LogP) is 3.55. The number of ether oxygens (including phenoxy) is 1. The van der Waals surface area contributed by atoms with Crippen molar-refractivity contribution < 1.29 is 22.7 Å². The van der Waals surface area contributed by atoms with E-state index in [9.17, 15) is 18.0 Å². The molecule has 2 heterocycles. The first kappa shape index (κ1) is 26.9. The van der Waals surface area contributed by atoms with Crippen LogP contribution in [0.3, 0.4) is 0 Å². The molecule has 1 N–H and O–H groups in total. The molecule has 0 aromatic heterocycles. The molecule has 2 atom stereocenters. The van der Waals surface area contributed by atoms with Crippen LogP contribution in [0.15, 0.2) is 83.8 Å². The summed E-state index contributed by atoms with van der Waals surface area (Å²) in [6.45, 7) is 2.89. The third-order valence-electron chi connectivity index (χ3n) is 7.28. The largest absolute Gasteiger partial charge is 0.477 e. The average molecular weight is 548 g/mol. The normalized spacial score (nSPS) is 19.6. The summed E-state index contributed by atoms with van der Waals surface area (Å²) in [5.74, 6) is -0.547. The van der Waals surface area contributed by atoms with Crippen molar-refractivity contribution >= 4 is 27.5 Å². The molecule has 0 unspecified atom stereocenters. The van der Waals surface area contributed by atoms with Gasteiger partial charge in [-0.2, -0.15) is 4.31 Å². The molecule has 9 heteroatoms. The Bertz CT molecular complexity index is 1430. The van der Waals surface area contributed by atoms with Gasteiger partial charge in [-0.05, 0) is 56.0 Å². The Kier molecular flexibility index (Phi) is 7.99. The number of hydrogen-bond donors (Lipinski definition) is 1. The lowest BCUT2D eigenvalue weighted by molar-refractivity contribution is -0.129. The van der Waals surface area contributed by atoms with E-state index in [4.69, 9.17) is 4.74 Å². The molecule has 0 saturated carbocycles. The van der Waals surface area contributed by atoms with Crippen LogP contribution < -0.4 is 15.0 Å². The fourth-order valence-electron chi connectivity index (χ4n) is 5.11. The molecule has 3 aromatic rings. The van der Waals surface area contributed by atoms with E-state index >= 15 is 0 Å². The molecular formula is C30H33N3O5S. The van der Waals surface area contributed by atoms with Crippen molar-refractivity contribution in [1.29, 1.82) is 0 Å². The van der Waals surface area contributed by atoms with Crippen molar-refractivity contribution in [3.8, 4) is 5.75 Å². The number of hydrogen-bond acceptors (Lipinski definition) is 5. The van der Waals surface area contributed by atoms with Gasteiger partial charge in [-0.1, -0.05) is 60.2 Å². The highest BCUT2D eigenvalue weighted by Crippen LogP contribution is 2.35. The van der Waals surface area contributed by atoms with Gasteiger partial charge in [0.25, 0.3) is 5.91 Å². The van der Waals surface area contributed by atoms with Crippen molar-refractivity contribution in [2.24, 2.45) is 5.92 Å². The minimum Gasteiger partial charge on any atom is -0.477 e. The second-order valence-electron chi connectivity index (χ2n) is 10.1. The van der Waals surface area contributed by atoms with Crippen molar-refractivity contribution in [2.75, 3.05) is 31.1 Å². The number of nitrogens with zero attached hydrogens (tertiary/aromatic N) is 2. The molecule has 0 bridgehead atoms. The number of fused-ring (bicyclic) bond motifs is 1. The average Bonchev–Trinajstić information content (AvgIpc) is 2.97. The van der Waals surface area contributed by atoms with Crippen LogP contribution >= 0.6 is 0 Å². The third-order valence-corrected chi connectivity index (χ3v) is 9.16. The molecule has 2 amide bonds. The minimum atomic E-state index is -3.72. The molecule has 8 nitrogen and oxygen atoms in total. The SMILES string of the molecule is Cc1ccc(S(=O)(=O)N2CCC[C@H](C(=O)N3C[C@H](C(=O)NCCc4ccccc4)Oc4ccccc43)C2)cc1. The summed E-state index contributed by atoms with van der Waals surface area (Å²) in [4.78, 5) is 28.7. The highest BCUT2D eigenvalue weighted by Gasteiger charge is 2.39. The van der Waals surface area contributed by atoms with Gasteiger partial charge in [0.15, 0.2) is 6.10 Å². The molecule has 204 valence electrons. The fraction of sp³-hybridized carbons (Fsp3) is 0.333. The third kappa shape index (κ3) is 5.99. The Morgan fingerprint density at radius 2 is 1.67 bits per heavy atom. The smallest absolute Gasteiger partial charge is 0.262 e. The first-order valence-electron chi connectivity index (χ1n) is 13.3. The van der Waals surface area contributed by atoms with Crippen LogP contribution in [0.25, 0.3) is 0 Å². The van der Waals surface area contributed by atoms with Crippen LogP contribution in [-0.2, 0) is 26.0 Å². The molecule has 1 saturated heterocycles. The minimum absolute atomic E-state index is 0.0637. The molecular weight excluding hydrogens is 514 g/mol. The van der Waals surface area contributed by atoms with Crippen LogP contribution in [0.2, 0.25) is 0 Å². The Hall–Kier alpha value is -3.69. The molecule has 39 heavy (non-hydrogen) atoms. The highest BCUT2D eigenvalue weighted by molar-refractivity contribution is 7.89. The molecule has 5 rings (SSSR count). The lowest BCUT2D eigenvalue weighted by Gasteiger charge is -2.38. The predicted molar refractivity (Wildman–Crippen MR) is 149 cm³/mol. The highest BCUT2D eigenvalue weighted by atomic mass is 32.2. The van der Waals surface area contributed by atoms with E-state index < -0.39 is 22.0 Å². The molecule has 0 radical (unpaired) electrons. The number of rotatable bonds is 7. The molecule has 1 fully saturated rings. The van der Waals surface area contributed by atoms with Crippen molar-refractivity contribution in [1.82, 2.24) is 9.62 Å². The molecule has 3 aromatic carbocycles. The number of carbonyl (C=O) groups is 2. The van der Waals surface area contributed by atoms with E-state index in [0.717, 1.165) is 11.1 Å². The number of benzene rings is 3. The van der Waals surface area contributed by atoms with Crippen LogP contribution in [0.4, 0.5) is 5.69 Å². The summed E-state index contributed by atoms with van der Waals surface area (Å²) in [6.07, 6.45) is 0.977. The summed E-state index contributed by atoms with van der Waals surface area (Å²) >= 11 is 0. The van der Waals surface area contributed by atoms with Crippen LogP contribution in [0, 0.1) is 12.8 Å². The van der Waals surface area contributed by atoms with E-state index in [1.807, 2.05) is 43.3 Å². The summed E-state index contributed by atoms with van der Waals surface area (Å²) in [5, 5.41) is 2.93. The van der Waals surface area contributed by atoms with Crippen LogP contribution in [-0.4, -0.2) is 56.8 Å². The summed E-state index contributed by atoms with van der Waals surface area (Å²) in [5.41, 5.74) is 2.69. The van der Waals surface area contributed by atoms with Gasteiger partial charge in [0.2, 0.25) is 15.9 Å². The van der Waals surface area contributed by atoms with Crippen molar-refractivity contribution in [2.45, 2.75) is 37.2 Å². The summed E-state index contributed by atoms with van der Waals surface area (Å²) in [7, 11) is -3.72. The fourth-order valence-corrected chi connectivity index (χ4v) is 6.63. The van der Waals surface area contributed by atoms with Gasteiger partial charge in [0.05, 0.1) is 23.0 Å². The number of amides is 2. The zero-order valence-corrected chi connectivity index (χ0v) is 22.8. The van der Waals surface area contributed by atoms with Crippen LogP contribution in [0.1, 0.15) is 24.0 Å². The van der Waals surface area contributed by atoms with Gasteiger partial charge in [-0.3, -0.25) is 9.59 Å². The quantitative estimate of drug-likeness (QED) is 0.488. The van der Waals surface area contributed by atoms with E-state index in [2.05, 4.69) is 5.32 Å². The van der Waals surface area contributed by atoms with Crippen molar-refractivity contribution in [3.63, 3.8) is 0 Å². The Morgan fingerprint density at radius 3 is 2.44 bits per heavy atom. The number of piperidine rings is 1. The maximum absolute atomic E-state index is 13.9. The van der Waals surface area contributed by atoms with E-state index in [0.29, 0.717) is 43.8 Å².